The number of carboxylic acid groups (broad SMARTS) is 1. The second-order valence-corrected chi connectivity index (χ2v) is 7.62. The van der Waals surface area contributed by atoms with Crippen molar-refractivity contribution >= 4 is 5.97 Å². The summed E-state index contributed by atoms with van der Waals surface area (Å²) in [6, 6.07) is 9.38. The minimum atomic E-state index is -0.740. The largest absolute Gasteiger partial charge is 0.497 e. The lowest BCUT2D eigenvalue weighted by Crippen LogP contribution is -2.39. The van der Waals surface area contributed by atoms with Crippen molar-refractivity contribution in [2.75, 3.05) is 48.6 Å². The van der Waals surface area contributed by atoms with E-state index in [0.29, 0.717) is 54.7 Å². The highest BCUT2D eigenvalue weighted by atomic mass is 16.5. The summed E-state index contributed by atoms with van der Waals surface area (Å²) in [5, 5.41) is 9.43. The van der Waals surface area contributed by atoms with E-state index in [0.717, 1.165) is 11.1 Å². The lowest BCUT2D eigenvalue weighted by molar-refractivity contribution is -0.143. The monoisotopic (exact) mass is 445 g/mol. The first-order valence-electron chi connectivity index (χ1n) is 10.5. The number of methoxy groups -OCH3 is 5. The molecule has 2 aromatic rings. The highest BCUT2D eigenvalue weighted by Crippen LogP contribution is 2.45. The number of aliphatic carboxylic acids is 1. The normalized spacial score (nSPS) is 15.7. The molecule has 1 aliphatic heterocycles. The minimum Gasteiger partial charge on any atom is -0.497 e. The molecule has 0 aromatic heterocycles. The number of rotatable bonds is 9. The summed E-state index contributed by atoms with van der Waals surface area (Å²) in [6.07, 6.45) is 1.16. The summed E-state index contributed by atoms with van der Waals surface area (Å²) in [5.74, 6) is 1.94. The Labute approximate surface area is 188 Å². The van der Waals surface area contributed by atoms with Gasteiger partial charge in [0.05, 0.1) is 47.5 Å². The summed E-state index contributed by atoms with van der Waals surface area (Å²) in [6.45, 7) is 1.26. The van der Waals surface area contributed by atoms with Crippen molar-refractivity contribution < 1.29 is 33.6 Å². The van der Waals surface area contributed by atoms with Crippen LogP contribution < -0.4 is 23.7 Å². The van der Waals surface area contributed by atoms with Gasteiger partial charge in [-0.05, 0) is 55.8 Å². The van der Waals surface area contributed by atoms with Gasteiger partial charge in [-0.2, -0.15) is 0 Å². The second kappa shape index (κ2) is 10.5. The van der Waals surface area contributed by atoms with Gasteiger partial charge in [0.25, 0.3) is 0 Å². The highest BCUT2D eigenvalue weighted by Gasteiger charge is 2.33. The summed E-state index contributed by atoms with van der Waals surface area (Å²) < 4.78 is 27.7. The average Bonchev–Trinajstić information content (AvgIpc) is 2.83. The molecule has 0 aliphatic carbocycles. The quantitative estimate of drug-likeness (QED) is 0.626. The van der Waals surface area contributed by atoms with E-state index < -0.39 is 5.97 Å². The van der Waals surface area contributed by atoms with E-state index in [4.69, 9.17) is 23.7 Å². The van der Waals surface area contributed by atoms with E-state index >= 15 is 0 Å². The molecule has 0 bridgehead atoms. The Balaban J connectivity index is 2.13. The van der Waals surface area contributed by atoms with Gasteiger partial charge in [-0.15, -0.1) is 0 Å². The van der Waals surface area contributed by atoms with E-state index in [-0.39, 0.29) is 12.0 Å². The van der Waals surface area contributed by atoms with Crippen LogP contribution in [0.15, 0.2) is 30.3 Å². The summed E-state index contributed by atoms with van der Waals surface area (Å²) in [4.78, 5) is 13.7. The number of carboxylic acids is 1. The van der Waals surface area contributed by atoms with E-state index in [9.17, 15) is 9.90 Å². The number of ether oxygens (including phenoxy) is 5. The SMILES string of the molecule is COc1ccc(C(c2cc(OC)c(OC)c(OC)c2)N2CCC(C(=O)O)CC2)c(OC)c1. The molecule has 174 valence electrons. The van der Waals surface area contributed by atoms with Crippen molar-refractivity contribution in [2.45, 2.75) is 18.9 Å². The van der Waals surface area contributed by atoms with Gasteiger partial charge in [0.2, 0.25) is 5.75 Å². The third kappa shape index (κ3) is 4.70. The van der Waals surface area contributed by atoms with E-state index in [1.54, 1.807) is 35.5 Å². The van der Waals surface area contributed by atoms with Crippen LogP contribution in [-0.4, -0.2) is 64.6 Å². The van der Waals surface area contributed by atoms with Gasteiger partial charge in [-0.25, -0.2) is 0 Å². The predicted octanol–water partition coefficient (Wildman–Crippen LogP) is 3.62. The molecule has 1 heterocycles. The summed E-state index contributed by atoms with van der Waals surface area (Å²) in [5.41, 5.74) is 1.87. The van der Waals surface area contributed by atoms with Crippen LogP contribution in [0.25, 0.3) is 0 Å². The van der Waals surface area contributed by atoms with Crippen LogP contribution in [0.3, 0.4) is 0 Å². The van der Waals surface area contributed by atoms with Crippen molar-refractivity contribution in [2.24, 2.45) is 5.92 Å². The molecule has 1 saturated heterocycles. The summed E-state index contributed by atoms with van der Waals surface area (Å²) in [7, 11) is 7.98. The minimum absolute atomic E-state index is 0.209. The standard InChI is InChI=1S/C24H31NO7/c1-28-17-6-7-18(19(14-17)29-2)22(25-10-8-15(9-11-25)24(26)27)16-12-20(30-3)23(32-5)21(13-16)31-4/h6-7,12-15,22H,8-11H2,1-5H3,(H,26,27). The molecule has 0 amide bonds. The van der Waals surface area contributed by atoms with E-state index in [1.165, 1.54) is 0 Å². The Morgan fingerprint density at radius 1 is 0.875 bits per heavy atom. The van der Waals surface area contributed by atoms with Gasteiger partial charge in [-0.3, -0.25) is 9.69 Å². The van der Waals surface area contributed by atoms with E-state index in [1.807, 2.05) is 30.3 Å². The third-order valence-corrected chi connectivity index (χ3v) is 5.98. The Morgan fingerprint density at radius 3 is 1.94 bits per heavy atom. The Hall–Kier alpha value is -3.13. The Morgan fingerprint density at radius 2 is 1.47 bits per heavy atom. The number of likely N-dealkylation sites (tertiary alicyclic amines) is 1. The van der Waals surface area contributed by atoms with Crippen LogP contribution >= 0.6 is 0 Å². The van der Waals surface area contributed by atoms with Crippen LogP contribution in [0.5, 0.6) is 28.7 Å². The maximum atomic E-state index is 11.5. The number of benzene rings is 2. The molecule has 8 nitrogen and oxygen atoms in total. The number of hydrogen-bond acceptors (Lipinski definition) is 7. The van der Waals surface area contributed by atoms with Crippen molar-refractivity contribution in [3.63, 3.8) is 0 Å². The van der Waals surface area contributed by atoms with Gasteiger partial charge < -0.3 is 28.8 Å². The molecular weight excluding hydrogens is 414 g/mol. The first-order chi connectivity index (χ1) is 15.5. The molecule has 1 fully saturated rings. The fourth-order valence-electron chi connectivity index (χ4n) is 4.30. The molecule has 1 N–H and O–H groups in total. The van der Waals surface area contributed by atoms with Crippen molar-refractivity contribution in [3.05, 3.63) is 41.5 Å². The zero-order valence-electron chi connectivity index (χ0n) is 19.2. The molecule has 1 unspecified atom stereocenters. The topological polar surface area (TPSA) is 86.7 Å². The second-order valence-electron chi connectivity index (χ2n) is 7.62. The molecule has 8 heteroatoms. The third-order valence-electron chi connectivity index (χ3n) is 5.98. The maximum Gasteiger partial charge on any atom is 0.306 e. The maximum absolute atomic E-state index is 11.5. The van der Waals surface area contributed by atoms with Crippen LogP contribution in [0, 0.1) is 5.92 Å². The van der Waals surface area contributed by atoms with Gasteiger partial charge in [-0.1, -0.05) is 0 Å². The van der Waals surface area contributed by atoms with Crippen LogP contribution in [-0.2, 0) is 4.79 Å². The lowest BCUT2D eigenvalue weighted by atomic mass is 9.90. The molecule has 2 aromatic carbocycles. The van der Waals surface area contributed by atoms with Crippen molar-refractivity contribution in [1.82, 2.24) is 4.90 Å². The Kier molecular flexibility index (Phi) is 7.69. The van der Waals surface area contributed by atoms with Crippen LogP contribution in [0.4, 0.5) is 0 Å². The number of carbonyl (C=O) groups is 1. The first kappa shape index (κ1) is 23.5. The van der Waals surface area contributed by atoms with Gasteiger partial charge in [0.15, 0.2) is 11.5 Å². The highest BCUT2D eigenvalue weighted by molar-refractivity contribution is 5.70. The number of piperidine rings is 1. The van der Waals surface area contributed by atoms with Crippen molar-refractivity contribution in [1.29, 1.82) is 0 Å². The lowest BCUT2D eigenvalue weighted by Gasteiger charge is -2.38. The summed E-state index contributed by atoms with van der Waals surface area (Å²) >= 11 is 0. The first-order valence-corrected chi connectivity index (χ1v) is 10.5. The molecule has 0 saturated carbocycles. The smallest absolute Gasteiger partial charge is 0.306 e. The average molecular weight is 446 g/mol. The zero-order valence-corrected chi connectivity index (χ0v) is 19.2. The molecule has 3 rings (SSSR count). The zero-order chi connectivity index (χ0) is 23.3. The number of hydrogen-bond donors (Lipinski definition) is 1. The molecule has 1 atom stereocenters. The molecule has 32 heavy (non-hydrogen) atoms. The van der Waals surface area contributed by atoms with Gasteiger partial charge >= 0.3 is 5.97 Å². The Bertz CT molecular complexity index is 913. The van der Waals surface area contributed by atoms with E-state index in [2.05, 4.69) is 4.90 Å². The molecule has 0 spiro atoms. The van der Waals surface area contributed by atoms with Crippen LogP contribution in [0.2, 0.25) is 0 Å². The fraction of sp³-hybridized carbons (Fsp3) is 0.458. The van der Waals surface area contributed by atoms with Gasteiger partial charge in [0, 0.05) is 11.6 Å². The molecular formula is C24H31NO7. The van der Waals surface area contributed by atoms with Crippen LogP contribution in [0.1, 0.15) is 30.0 Å². The van der Waals surface area contributed by atoms with Crippen molar-refractivity contribution in [3.8, 4) is 28.7 Å². The molecule has 1 aliphatic rings. The molecule has 0 radical (unpaired) electrons. The predicted molar refractivity (Wildman–Crippen MR) is 119 cm³/mol. The number of nitrogens with zero attached hydrogens (tertiary/aromatic N) is 1. The van der Waals surface area contributed by atoms with Gasteiger partial charge in [0.1, 0.15) is 11.5 Å². The fourth-order valence-corrected chi connectivity index (χ4v) is 4.30.